The summed E-state index contributed by atoms with van der Waals surface area (Å²) in [7, 11) is 0. The minimum absolute atomic E-state index is 0. The lowest BCUT2D eigenvalue weighted by molar-refractivity contribution is -0.141. The third-order valence-electron chi connectivity index (χ3n) is 1.05. The molecule has 3 heteroatoms. The largest absolute Gasteiger partial charge is 0.466 e. The lowest BCUT2D eigenvalue weighted by Gasteiger charge is -1.98. The number of hydrogen-bond donors (Lipinski definition) is 0. The molecule has 0 radical (unpaired) electrons. The quantitative estimate of drug-likeness (QED) is 0.473. The molecule has 0 aliphatic rings. The molecule has 0 spiro atoms. The van der Waals surface area contributed by atoms with E-state index >= 15 is 0 Å². The van der Waals surface area contributed by atoms with Crippen LogP contribution in [0.5, 0.6) is 0 Å². The molecule has 0 aromatic rings. The van der Waals surface area contributed by atoms with Crippen molar-refractivity contribution in [3.8, 4) is 0 Å². The minimum Gasteiger partial charge on any atom is -0.466 e. The van der Waals surface area contributed by atoms with Crippen LogP contribution in [-0.2, 0) is 9.53 Å². The monoisotopic (exact) mass is 166 g/mol. The summed E-state index contributed by atoms with van der Waals surface area (Å²) >= 11 is 0. The highest BCUT2D eigenvalue weighted by Crippen LogP contribution is 1.93. The van der Waals surface area contributed by atoms with Gasteiger partial charge in [-0.05, 0) is 6.42 Å². The van der Waals surface area contributed by atoms with Crippen LogP contribution in [0.15, 0.2) is 0 Å². The van der Waals surface area contributed by atoms with Crippen LogP contribution in [0.3, 0.4) is 0 Å². The van der Waals surface area contributed by atoms with Gasteiger partial charge >= 0.3 is 5.97 Å². The van der Waals surface area contributed by atoms with Crippen molar-refractivity contribution in [2.75, 3.05) is 6.61 Å². The fraction of sp³-hybridized carbons (Fsp3) is 0.857. The second kappa shape index (κ2) is 8.76. The normalized spacial score (nSPS) is 8.20. The molecule has 2 nitrogen and oxygen atoms in total. The number of carbonyl (C=O) groups excluding carboxylic acids is 1. The number of carbonyl (C=O) groups is 1. The van der Waals surface area contributed by atoms with E-state index in [2.05, 4.69) is 6.92 Å². The molecule has 0 aromatic carbocycles. The van der Waals surface area contributed by atoms with Crippen LogP contribution >= 0.6 is 12.4 Å². The van der Waals surface area contributed by atoms with Gasteiger partial charge in [0.2, 0.25) is 0 Å². The Kier molecular flexibility index (Phi) is 10.9. The van der Waals surface area contributed by atoms with E-state index < -0.39 is 0 Å². The average molecular weight is 167 g/mol. The predicted octanol–water partition coefficient (Wildman–Crippen LogP) is 2.16. The number of unbranched alkanes of at least 4 members (excludes halogenated alkanes) is 2. The van der Waals surface area contributed by atoms with E-state index in [1.165, 1.54) is 13.3 Å². The van der Waals surface area contributed by atoms with Gasteiger partial charge in [0.25, 0.3) is 0 Å². The van der Waals surface area contributed by atoms with Crippen molar-refractivity contribution in [2.24, 2.45) is 0 Å². The summed E-state index contributed by atoms with van der Waals surface area (Å²) < 4.78 is 4.70. The Morgan fingerprint density at radius 2 is 2.00 bits per heavy atom. The Bertz CT molecular complexity index is 83.7. The van der Waals surface area contributed by atoms with Crippen LogP contribution in [0.4, 0.5) is 0 Å². The van der Waals surface area contributed by atoms with Crippen molar-refractivity contribution < 1.29 is 9.53 Å². The molecule has 0 aliphatic carbocycles. The molecule has 0 atom stereocenters. The van der Waals surface area contributed by atoms with Gasteiger partial charge in [0.1, 0.15) is 0 Å². The Morgan fingerprint density at radius 3 is 2.40 bits per heavy atom. The number of rotatable bonds is 4. The number of halogens is 1. The van der Waals surface area contributed by atoms with Crippen molar-refractivity contribution in [2.45, 2.75) is 33.1 Å². The lowest BCUT2D eigenvalue weighted by Crippen LogP contribution is -1.99. The maximum Gasteiger partial charge on any atom is 0.302 e. The zero-order valence-electron chi connectivity index (χ0n) is 6.55. The first kappa shape index (κ1) is 12.4. The highest BCUT2D eigenvalue weighted by molar-refractivity contribution is 5.85. The minimum atomic E-state index is -0.175. The first-order valence-corrected chi connectivity index (χ1v) is 3.40. The zero-order valence-corrected chi connectivity index (χ0v) is 7.37. The summed E-state index contributed by atoms with van der Waals surface area (Å²) in [5.41, 5.74) is 0. The molecule has 0 amide bonds. The molecule has 0 rings (SSSR count). The van der Waals surface area contributed by atoms with Gasteiger partial charge in [-0.2, -0.15) is 0 Å². The van der Waals surface area contributed by atoms with E-state index in [0.717, 1.165) is 12.8 Å². The van der Waals surface area contributed by atoms with Gasteiger partial charge in [0.15, 0.2) is 0 Å². The molecular weight excluding hydrogens is 152 g/mol. The van der Waals surface area contributed by atoms with Crippen LogP contribution in [0.1, 0.15) is 33.1 Å². The molecule has 10 heavy (non-hydrogen) atoms. The maximum atomic E-state index is 10.2. The lowest BCUT2D eigenvalue weighted by atomic mass is 10.3. The van der Waals surface area contributed by atoms with E-state index in [1.54, 1.807) is 0 Å². The third kappa shape index (κ3) is 10.7. The molecule has 0 saturated heterocycles. The topological polar surface area (TPSA) is 26.3 Å². The second-order valence-corrected chi connectivity index (χ2v) is 2.05. The first-order valence-electron chi connectivity index (χ1n) is 3.40. The smallest absolute Gasteiger partial charge is 0.302 e. The van der Waals surface area contributed by atoms with Gasteiger partial charge in [-0.15, -0.1) is 12.4 Å². The van der Waals surface area contributed by atoms with Crippen LogP contribution in [0, 0.1) is 0 Å². The Balaban J connectivity index is 0. The van der Waals surface area contributed by atoms with Crippen LogP contribution in [0.25, 0.3) is 0 Å². The molecule has 0 aromatic heterocycles. The predicted molar refractivity (Wildman–Crippen MR) is 43.4 cm³/mol. The maximum absolute atomic E-state index is 10.2. The van der Waals surface area contributed by atoms with E-state index in [9.17, 15) is 4.79 Å². The standard InChI is InChI=1S/C7H14O2.ClH/c1-3-4-5-6-9-7(2)8;/h3-6H2,1-2H3;1H. The number of ether oxygens (including phenoxy) is 1. The van der Waals surface area contributed by atoms with Crippen LogP contribution in [0.2, 0.25) is 0 Å². The fourth-order valence-electron chi connectivity index (χ4n) is 0.568. The van der Waals surface area contributed by atoms with Gasteiger partial charge < -0.3 is 4.74 Å². The molecule has 0 N–H and O–H groups in total. The van der Waals surface area contributed by atoms with Gasteiger partial charge in [0, 0.05) is 6.92 Å². The van der Waals surface area contributed by atoms with Crippen molar-refractivity contribution in [3.63, 3.8) is 0 Å². The summed E-state index contributed by atoms with van der Waals surface area (Å²) in [5.74, 6) is -0.175. The molecule has 62 valence electrons. The highest BCUT2D eigenvalue weighted by Gasteiger charge is 1.89. The van der Waals surface area contributed by atoms with E-state index in [1.807, 2.05) is 0 Å². The summed E-state index contributed by atoms with van der Waals surface area (Å²) in [6.45, 7) is 4.14. The van der Waals surface area contributed by atoms with E-state index in [4.69, 9.17) is 4.74 Å². The van der Waals surface area contributed by atoms with Crippen LogP contribution in [-0.4, -0.2) is 12.6 Å². The Hall–Kier alpha value is -0.240. The first-order chi connectivity index (χ1) is 4.27. The molecule has 0 unspecified atom stereocenters. The molecule has 0 fully saturated rings. The Labute approximate surface area is 68.4 Å². The molecule has 0 heterocycles. The van der Waals surface area contributed by atoms with Crippen molar-refractivity contribution >= 4 is 18.4 Å². The third-order valence-corrected chi connectivity index (χ3v) is 1.05. The summed E-state index contributed by atoms with van der Waals surface area (Å²) in [5, 5.41) is 0. The summed E-state index contributed by atoms with van der Waals surface area (Å²) in [6.07, 6.45) is 3.31. The zero-order chi connectivity index (χ0) is 7.11. The van der Waals surface area contributed by atoms with Gasteiger partial charge in [-0.1, -0.05) is 19.8 Å². The van der Waals surface area contributed by atoms with Gasteiger partial charge in [-0.25, -0.2) is 0 Å². The molecular formula is C7H15ClO2. The second-order valence-electron chi connectivity index (χ2n) is 2.05. The average Bonchev–Trinajstić information content (AvgIpc) is 1.80. The number of esters is 1. The highest BCUT2D eigenvalue weighted by atomic mass is 35.5. The van der Waals surface area contributed by atoms with Crippen LogP contribution < -0.4 is 0 Å². The SMILES string of the molecule is CCCCCOC(C)=O.Cl. The van der Waals surface area contributed by atoms with Gasteiger partial charge in [0.05, 0.1) is 6.61 Å². The summed E-state index contributed by atoms with van der Waals surface area (Å²) in [4.78, 5) is 10.2. The van der Waals surface area contributed by atoms with E-state index in [-0.39, 0.29) is 18.4 Å². The fourth-order valence-corrected chi connectivity index (χ4v) is 0.568. The van der Waals surface area contributed by atoms with Crippen molar-refractivity contribution in [3.05, 3.63) is 0 Å². The van der Waals surface area contributed by atoms with Gasteiger partial charge in [-0.3, -0.25) is 4.79 Å². The summed E-state index contributed by atoms with van der Waals surface area (Å²) in [6, 6.07) is 0. The molecule has 0 aliphatic heterocycles. The van der Waals surface area contributed by atoms with Crippen molar-refractivity contribution in [1.82, 2.24) is 0 Å². The van der Waals surface area contributed by atoms with Crippen molar-refractivity contribution in [1.29, 1.82) is 0 Å². The molecule has 0 saturated carbocycles. The van der Waals surface area contributed by atoms with E-state index in [0.29, 0.717) is 6.61 Å². The number of hydrogen-bond acceptors (Lipinski definition) is 2. The molecule has 0 bridgehead atoms. The Morgan fingerprint density at radius 1 is 1.40 bits per heavy atom.